The molecular weight excluding hydrogens is 392 g/mol. The highest BCUT2D eigenvalue weighted by atomic mass is 35.5. The Kier molecular flexibility index (Phi) is 5.58. The molecule has 5 rings (SSSR count). The van der Waals surface area contributed by atoms with E-state index in [-0.39, 0.29) is 0 Å². The van der Waals surface area contributed by atoms with E-state index in [2.05, 4.69) is 39.8 Å². The van der Waals surface area contributed by atoms with E-state index in [9.17, 15) is 0 Å². The molecule has 2 aromatic carbocycles. The van der Waals surface area contributed by atoms with Gasteiger partial charge in [0.1, 0.15) is 5.75 Å². The summed E-state index contributed by atoms with van der Waals surface area (Å²) in [5, 5.41) is 0.792. The predicted molar refractivity (Wildman–Crippen MR) is 124 cm³/mol. The van der Waals surface area contributed by atoms with Gasteiger partial charge in [-0.1, -0.05) is 43.0 Å². The Morgan fingerprint density at radius 1 is 0.967 bits per heavy atom. The van der Waals surface area contributed by atoms with E-state index < -0.39 is 0 Å². The Bertz CT molecular complexity index is 1020. The molecule has 0 unspecified atom stereocenters. The summed E-state index contributed by atoms with van der Waals surface area (Å²) in [6.45, 7) is 2.18. The number of benzene rings is 2. The van der Waals surface area contributed by atoms with E-state index in [1.807, 2.05) is 24.3 Å². The third kappa shape index (κ3) is 3.66. The second-order valence-electron chi connectivity index (χ2n) is 8.53. The van der Waals surface area contributed by atoms with Crippen LogP contribution < -0.4 is 4.74 Å². The number of aromatic nitrogens is 1. The van der Waals surface area contributed by atoms with Crippen LogP contribution in [0.1, 0.15) is 43.4 Å². The Morgan fingerprint density at radius 3 is 2.47 bits per heavy atom. The molecule has 1 aliphatic carbocycles. The van der Waals surface area contributed by atoms with E-state index in [0.717, 1.165) is 42.0 Å². The number of halogens is 1. The van der Waals surface area contributed by atoms with E-state index in [0.29, 0.717) is 0 Å². The molecule has 3 aromatic rings. The van der Waals surface area contributed by atoms with Gasteiger partial charge in [-0.2, -0.15) is 0 Å². The van der Waals surface area contributed by atoms with Crippen molar-refractivity contribution in [2.45, 2.75) is 51.1 Å². The van der Waals surface area contributed by atoms with Crippen molar-refractivity contribution in [3.05, 3.63) is 70.9 Å². The van der Waals surface area contributed by atoms with Crippen LogP contribution in [-0.4, -0.2) is 29.2 Å². The highest BCUT2D eigenvalue weighted by Gasteiger charge is 2.29. The molecule has 0 saturated heterocycles. The number of ether oxygens (including phenoxy) is 1. The van der Waals surface area contributed by atoms with Gasteiger partial charge in [0.05, 0.1) is 23.5 Å². The predicted octanol–water partition coefficient (Wildman–Crippen LogP) is 6.50. The maximum absolute atomic E-state index is 6.66. The molecule has 1 saturated carbocycles. The topological polar surface area (TPSA) is 17.4 Å². The fraction of sp³-hybridized carbons (Fsp3) is 0.385. The SMILES string of the molecule is COc1ccc(-c2cc3c(n2-c2ccccc2Cl)CCN(C2CCCCC2)C3)cc1. The van der Waals surface area contributed by atoms with Crippen LogP contribution in [-0.2, 0) is 13.0 Å². The summed E-state index contributed by atoms with van der Waals surface area (Å²) in [5.74, 6) is 0.878. The first-order valence-electron chi connectivity index (χ1n) is 11.1. The molecule has 2 heterocycles. The molecule has 1 aromatic heterocycles. The van der Waals surface area contributed by atoms with Crippen LogP contribution in [0, 0.1) is 0 Å². The van der Waals surface area contributed by atoms with Crippen LogP contribution in [0.5, 0.6) is 5.75 Å². The lowest BCUT2D eigenvalue weighted by molar-refractivity contribution is 0.140. The number of nitrogens with zero attached hydrogens (tertiary/aromatic N) is 2. The minimum absolute atomic E-state index is 0.750. The van der Waals surface area contributed by atoms with Crippen LogP contribution in [0.15, 0.2) is 54.6 Å². The van der Waals surface area contributed by atoms with Gasteiger partial charge in [-0.3, -0.25) is 4.90 Å². The van der Waals surface area contributed by atoms with E-state index in [1.54, 1.807) is 7.11 Å². The van der Waals surface area contributed by atoms with E-state index in [1.165, 1.54) is 54.6 Å². The van der Waals surface area contributed by atoms with Gasteiger partial charge in [0.2, 0.25) is 0 Å². The van der Waals surface area contributed by atoms with Crippen LogP contribution in [0.3, 0.4) is 0 Å². The minimum Gasteiger partial charge on any atom is -0.497 e. The van der Waals surface area contributed by atoms with Crippen molar-refractivity contribution in [3.8, 4) is 22.7 Å². The van der Waals surface area contributed by atoms with E-state index in [4.69, 9.17) is 16.3 Å². The molecule has 2 aliphatic rings. The third-order valence-electron chi connectivity index (χ3n) is 6.77. The average molecular weight is 421 g/mol. The van der Waals surface area contributed by atoms with Gasteiger partial charge in [0, 0.05) is 31.2 Å². The fourth-order valence-corrected chi connectivity index (χ4v) is 5.42. The average Bonchev–Trinajstić information content (AvgIpc) is 3.18. The van der Waals surface area contributed by atoms with Crippen molar-refractivity contribution < 1.29 is 4.74 Å². The van der Waals surface area contributed by atoms with Crippen molar-refractivity contribution in [2.24, 2.45) is 0 Å². The van der Waals surface area contributed by atoms with Gasteiger partial charge >= 0.3 is 0 Å². The Balaban J connectivity index is 1.58. The number of para-hydroxylation sites is 1. The molecule has 0 radical (unpaired) electrons. The lowest BCUT2D eigenvalue weighted by atomic mass is 9.92. The maximum atomic E-state index is 6.66. The number of hydrogen-bond donors (Lipinski definition) is 0. The van der Waals surface area contributed by atoms with Gasteiger partial charge in [-0.15, -0.1) is 0 Å². The zero-order valence-electron chi connectivity index (χ0n) is 17.6. The summed E-state index contributed by atoms with van der Waals surface area (Å²) in [6, 6.07) is 19.7. The Labute approximate surface area is 184 Å². The van der Waals surface area contributed by atoms with Crippen molar-refractivity contribution >= 4 is 11.6 Å². The number of methoxy groups -OCH3 is 1. The molecular formula is C26H29ClN2O. The number of fused-ring (bicyclic) bond motifs is 1. The standard InChI is InChI=1S/C26H29ClN2O/c1-30-22-13-11-19(12-14-22)26-17-20-18-28(21-7-3-2-4-8-21)16-15-24(20)29(26)25-10-6-5-9-23(25)27/h5-6,9-14,17,21H,2-4,7-8,15-16,18H2,1H3. The molecule has 156 valence electrons. The molecule has 1 fully saturated rings. The molecule has 3 nitrogen and oxygen atoms in total. The third-order valence-corrected chi connectivity index (χ3v) is 7.09. The zero-order valence-corrected chi connectivity index (χ0v) is 18.4. The van der Waals surface area contributed by atoms with Crippen molar-refractivity contribution in [1.82, 2.24) is 9.47 Å². The molecule has 4 heteroatoms. The molecule has 0 spiro atoms. The van der Waals surface area contributed by atoms with Crippen molar-refractivity contribution in [3.63, 3.8) is 0 Å². The largest absolute Gasteiger partial charge is 0.497 e. The van der Waals surface area contributed by atoms with Gasteiger partial charge in [-0.05, 0) is 66.4 Å². The molecule has 0 bridgehead atoms. The molecule has 0 N–H and O–H groups in total. The first kappa shape index (κ1) is 19.7. The van der Waals surface area contributed by atoms with Crippen LogP contribution in [0.4, 0.5) is 0 Å². The zero-order chi connectivity index (χ0) is 20.5. The Hall–Kier alpha value is -2.23. The summed E-state index contributed by atoms with van der Waals surface area (Å²) in [6.07, 6.45) is 7.93. The minimum atomic E-state index is 0.750. The fourth-order valence-electron chi connectivity index (χ4n) is 5.20. The molecule has 30 heavy (non-hydrogen) atoms. The summed E-state index contributed by atoms with van der Waals surface area (Å²) in [5.41, 5.74) is 6.31. The van der Waals surface area contributed by atoms with E-state index >= 15 is 0 Å². The summed E-state index contributed by atoms with van der Waals surface area (Å²) < 4.78 is 7.75. The Morgan fingerprint density at radius 2 is 1.73 bits per heavy atom. The summed E-state index contributed by atoms with van der Waals surface area (Å²) in [4.78, 5) is 2.72. The second kappa shape index (κ2) is 8.49. The quantitative estimate of drug-likeness (QED) is 0.479. The molecule has 1 aliphatic heterocycles. The van der Waals surface area contributed by atoms with Gasteiger partial charge < -0.3 is 9.30 Å². The lowest BCUT2D eigenvalue weighted by Gasteiger charge is -2.37. The first-order chi connectivity index (χ1) is 14.7. The van der Waals surface area contributed by atoms with Crippen molar-refractivity contribution in [2.75, 3.05) is 13.7 Å². The van der Waals surface area contributed by atoms with Crippen LogP contribution in [0.2, 0.25) is 5.02 Å². The number of hydrogen-bond acceptors (Lipinski definition) is 2. The normalized spacial score (nSPS) is 17.7. The van der Waals surface area contributed by atoms with Crippen molar-refractivity contribution in [1.29, 1.82) is 0 Å². The van der Waals surface area contributed by atoms with Crippen LogP contribution in [0.25, 0.3) is 16.9 Å². The molecule has 0 atom stereocenters. The second-order valence-corrected chi connectivity index (χ2v) is 8.94. The van der Waals surface area contributed by atoms with Crippen LogP contribution >= 0.6 is 11.6 Å². The molecule has 0 amide bonds. The van der Waals surface area contributed by atoms with Gasteiger partial charge in [0.15, 0.2) is 0 Å². The smallest absolute Gasteiger partial charge is 0.118 e. The van der Waals surface area contributed by atoms with Gasteiger partial charge in [0.25, 0.3) is 0 Å². The highest BCUT2D eigenvalue weighted by Crippen LogP contribution is 2.37. The number of rotatable bonds is 4. The lowest BCUT2D eigenvalue weighted by Crippen LogP contribution is -2.40. The highest BCUT2D eigenvalue weighted by molar-refractivity contribution is 6.32. The summed E-state index contributed by atoms with van der Waals surface area (Å²) in [7, 11) is 1.71. The maximum Gasteiger partial charge on any atom is 0.118 e. The summed E-state index contributed by atoms with van der Waals surface area (Å²) >= 11 is 6.66. The first-order valence-corrected chi connectivity index (χ1v) is 11.5. The monoisotopic (exact) mass is 420 g/mol. The van der Waals surface area contributed by atoms with Gasteiger partial charge in [-0.25, -0.2) is 0 Å².